The Labute approximate surface area is 85.3 Å². The number of rotatable bonds is 3. The molecule has 0 aliphatic carbocycles. The largest absolute Gasteiger partial charge is 0.494 e. The molecule has 0 aromatic carbocycles. The molecule has 6 nitrogen and oxygen atoms in total. The summed E-state index contributed by atoms with van der Waals surface area (Å²) in [7, 11) is 1.48. The lowest BCUT2D eigenvalue weighted by atomic mass is 10.2. The molecule has 15 heavy (non-hydrogen) atoms. The first-order chi connectivity index (χ1) is 7.33. The van der Waals surface area contributed by atoms with Crippen molar-refractivity contribution in [2.75, 3.05) is 7.11 Å². The molecule has 0 saturated heterocycles. The van der Waals surface area contributed by atoms with Crippen molar-refractivity contribution >= 4 is 5.78 Å². The highest BCUT2D eigenvalue weighted by atomic mass is 16.5. The normalized spacial score (nSPS) is 9.93. The van der Waals surface area contributed by atoms with Crippen LogP contribution in [0.2, 0.25) is 0 Å². The topological polar surface area (TPSA) is 80.8 Å². The van der Waals surface area contributed by atoms with E-state index in [2.05, 4.69) is 20.4 Å². The summed E-state index contributed by atoms with van der Waals surface area (Å²) in [5, 5.41) is 9.61. The summed E-state index contributed by atoms with van der Waals surface area (Å²) >= 11 is 0. The molecule has 2 rings (SSSR count). The number of hydrogen-bond donors (Lipinski definition) is 1. The van der Waals surface area contributed by atoms with E-state index in [4.69, 9.17) is 4.74 Å². The van der Waals surface area contributed by atoms with Gasteiger partial charge >= 0.3 is 0 Å². The third-order valence-electron chi connectivity index (χ3n) is 1.85. The molecule has 1 N–H and O–H groups in total. The third kappa shape index (κ3) is 1.69. The van der Waals surface area contributed by atoms with Crippen molar-refractivity contribution in [3.8, 4) is 5.75 Å². The van der Waals surface area contributed by atoms with Gasteiger partial charge in [0, 0.05) is 6.20 Å². The number of H-pyrrole nitrogens is 1. The second-order valence-corrected chi connectivity index (χ2v) is 2.74. The number of carbonyl (C=O) groups is 1. The highest BCUT2D eigenvalue weighted by Crippen LogP contribution is 2.16. The van der Waals surface area contributed by atoms with Crippen LogP contribution in [0.4, 0.5) is 0 Å². The number of nitrogens with zero attached hydrogens (tertiary/aromatic N) is 3. The van der Waals surface area contributed by atoms with Crippen LogP contribution in [0.3, 0.4) is 0 Å². The highest BCUT2D eigenvalue weighted by Gasteiger charge is 2.17. The molecule has 0 unspecified atom stereocenters. The van der Waals surface area contributed by atoms with Crippen molar-refractivity contribution in [1.82, 2.24) is 20.4 Å². The molecule has 0 aliphatic rings. The van der Waals surface area contributed by atoms with Crippen LogP contribution < -0.4 is 4.74 Å². The minimum Gasteiger partial charge on any atom is -0.494 e. The van der Waals surface area contributed by atoms with Crippen LogP contribution in [0.25, 0.3) is 0 Å². The number of hydrogen-bond acceptors (Lipinski definition) is 5. The fourth-order valence-corrected chi connectivity index (χ4v) is 1.16. The number of aromatic nitrogens is 4. The zero-order valence-corrected chi connectivity index (χ0v) is 7.97. The fourth-order valence-electron chi connectivity index (χ4n) is 1.16. The van der Waals surface area contributed by atoms with Crippen molar-refractivity contribution in [3.05, 3.63) is 35.9 Å². The smallest absolute Gasteiger partial charge is 0.236 e. The predicted octanol–water partition coefficient (Wildman–Crippen LogP) is 0.439. The van der Waals surface area contributed by atoms with Crippen molar-refractivity contribution in [1.29, 1.82) is 0 Å². The van der Waals surface area contributed by atoms with Crippen LogP contribution >= 0.6 is 0 Å². The molecule has 0 bridgehead atoms. The summed E-state index contributed by atoms with van der Waals surface area (Å²) in [5.74, 6) is 0.103. The predicted molar refractivity (Wildman–Crippen MR) is 50.6 cm³/mol. The monoisotopic (exact) mass is 204 g/mol. The van der Waals surface area contributed by atoms with Crippen LogP contribution in [0, 0.1) is 0 Å². The zero-order valence-electron chi connectivity index (χ0n) is 7.97. The number of nitrogens with one attached hydrogen (secondary N) is 1. The molecule has 0 saturated carbocycles. The van der Waals surface area contributed by atoms with Gasteiger partial charge in [0.1, 0.15) is 5.75 Å². The average molecular weight is 204 g/mol. The Kier molecular flexibility index (Phi) is 2.40. The van der Waals surface area contributed by atoms with Crippen LogP contribution in [0.15, 0.2) is 24.5 Å². The van der Waals surface area contributed by atoms with E-state index in [0.29, 0.717) is 5.75 Å². The second-order valence-electron chi connectivity index (χ2n) is 2.74. The summed E-state index contributed by atoms with van der Waals surface area (Å²) < 4.78 is 5.02. The quantitative estimate of drug-likeness (QED) is 0.733. The minimum atomic E-state index is -0.318. The molecule has 6 heteroatoms. The lowest BCUT2D eigenvalue weighted by molar-refractivity contribution is 0.102. The van der Waals surface area contributed by atoms with Gasteiger partial charge in [-0.05, 0) is 12.1 Å². The van der Waals surface area contributed by atoms with Gasteiger partial charge in [-0.15, -0.1) is 0 Å². The Balaban J connectivity index is 2.42. The highest BCUT2D eigenvalue weighted by molar-refractivity contribution is 6.07. The first-order valence-corrected chi connectivity index (χ1v) is 4.22. The molecule has 2 aromatic heterocycles. The molecule has 0 radical (unpaired) electrons. The van der Waals surface area contributed by atoms with E-state index in [-0.39, 0.29) is 17.2 Å². The summed E-state index contributed by atoms with van der Waals surface area (Å²) in [5.41, 5.74) is 0.445. The molecule has 0 amide bonds. The van der Waals surface area contributed by atoms with Gasteiger partial charge in [0.25, 0.3) is 0 Å². The molecule has 0 fully saturated rings. The molecule has 2 aromatic rings. The van der Waals surface area contributed by atoms with Gasteiger partial charge in [-0.2, -0.15) is 15.4 Å². The SMILES string of the molecule is COc1cccnc1C(=O)c1cn[nH]n1. The standard InChI is InChI=1S/C9H8N4O2/c1-15-7-3-2-4-10-8(7)9(14)6-5-11-13-12-6/h2-5H,1H3,(H,11,12,13). The van der Waals surface area contributed by atoms with Gasteiger partial charge in [-0.3, -0.25) is 4.79 Å². The number of pyridine rings is 1. The number of ketones is 1. The Bertz CT molecular complexity index is 467. The maximum Gasteiger partial charge on any atom is 0.236 e. The molecule has 76 valence electrons. The van der Waals surface area contributed by atoms with Crippen molar-refractivity contribution in [2.24, 2.45) is 0 Å². The number of methoxy groups -OCH3 is 1. The first kappa shape index (κ1) is 9.32. The van der Waals surface area contributed by atoms with E-state index in [0.717, 1.165) is 0 Å². The van der Waals surface area contributed by atoms with E-state index in [9.17, 15) is 4.79 Å². The molecular formula is C9H8N4O2. The van der Waals surface area contributed by atoms with Gasteiger partial charge in [-0.25, -0.2) is 4.98 Å². The molecular weight excluding hydrogens is 196 g/mol. The van der Waals surface area contributed by atoms with Crippen LogP contribution in [-0.4, -0.2) is 33.3 Å². The van der Waals surface area contributed by atoms with Crippen LogP contribution in [0.5, 0.6) is 5.75 Å². The Morgan fingerprint density at radius 3 is 3.07 bits per heavy atom. The van der Waals surface area contributed by atoms with Crippen LogP contribution in [0.1, 0.15) is 16.2 Å². The van der Waals surface area contributed by atoms with Crippen molar-refractivity contribution in [2.45, 2.75) is 0 Å². The van der Waals surface area contributed by atoms with E-state index in [1.54, 1.807) is 12.1 Å². The van der Waals surface area contributed by atoms with E-state index < -0.39 is 0 Å². The van der Waals surface area contributed by atoms with Gasteiger partial charge in [-0.1, -0.05) is 0 Å². The van der Waals surface area contributed by atoms with Crippen LogP contribution in [-0.2, 0) is 0 Å². The number of ether oxygens (including phenoxy) is 1. The molecule has 2 heterocycles. The van der Waals surface area contributed by atoms with E-state index >= 15 is 0 Å². The van der Waals surface area contributed by atoms with Crippen molar-refractivity contribution < 1.29 is 9.53 Å². The summed E-state index contributed by atoms with van der Waals surface area (Å²) in [6.07, 6.45) is 2.87. The Morgan fingerprint density at radius 2 is 2.40 bits per heavy atom. The van der Waals surface area contributed by atoms with Gasteiger partial charge in [0.15, 0.2) is 11.4 Å². The first-order valence-electron chi connectivity index (χ1n) is 4.22. The maximum absolute atomic E-state index is 11.8. The summed E-state index contributed by atoms with van der Waals surface area (Å²) in [6, 6.07) is 3.36. The summed E-state index contributed by atoms with van der Waals surface area (Å²) in [4.78, 5) is 15.8. The molecule has 0 atom stereocenters. The second kappa shape index (κ2) is 3.87. The summed E-state index contributed by atoms with van der Waals surface area (Å²) in [6.45, 7) is 0. The van der Waals surface area contributed by atoms with E-state index in [1.807, 2.05) is 0 Å². The molecule has 0 aliphatic heterocycles. The minimum absolute atomic E-state index is 0.215. The Hall–Kier alpha value is -2.24. The average Bonchev–Trinajstić information content (AvgIpc) is 2.81. The van der Waals surface area contributed by atoms with E-state index in [1.165, 1.54) is 19.5 Å². The maximum atomic E-state index is 11.8. The van der Waals surface area contributed by atoms with Crippen molar-refractivity contribution in [3.63, 3.8) is 0 Å². The lowest BCUT2D eigenvalue weighted by Crippen LogP contribution is -2.06. The zero-order chi connectivity index (χ0) is 10.7. The number of aromatic amines is 1. The third-order valence-corrected chi connectivity index (χ3v) is 1.85. The molecule has 0 spiro atoms. The number of carbonyl (C=O) groups excluding carboxylic acids is 1. The van der Waals surface area contributed by atoms with Gasteiger partial charge in [0.05, 0.1) is 13.3 Å². The van der Waals surface area contributed by atoms with Gasteiger partial charge < -0.3 is 4.74 Å². The fraction of sp³-hybridized carbons (Fsp3) is 0.111. The Morgan fingerprint density at radius 1 is 1.53 bits per heavy atom. The van der Waals surface area contributed by atoms with Gasteiger partial charge in [0.2, 0.25) is 5.78 Å². The lowest BCUT2D eigenvalue weighted by Gasteiger charge is -2.03.